The van der Waals surface area contributed by atoms with E-state index in [0.29, 0.717) is 0 Å². The lowest BCUT2D eigenvalue weighted by Gasteiger charge is -2.32. The molecule has 1 fully saturated rings. The summed E-state index contributed by atoms with van der Waals surface area (Å²) in [6, 6.07) is 18.7. The van der Waals surface area contributed by atoms with Gasteiger partial charge in [-0.15, -0.1) is 0 Å². The van der Waals surface area contributed by atoms with Crippen molar-refractivity contribution >= 4 is 0 Å². The van der Waals surface area contributed by atoms with Crippen molar-refractivity contribution < 1.29 is 4.74 Å². The molecule has 0 amide bonds. The standard InChI is InChI=1S/C26H34N4O/c1-31-26-9-7-22(8-10-26)12-16-29-17-13-23(14-18-29)11-15-27-19-24-20-28-30(21-24)25-5-3-2-4-6-25/h2-10,20-21,23,27H,11-19H2,1H3. The summed E-state index contributed by atoms with van der Waals surface area (Å²) >= 11 is 0. The fraction of sp³-hybridized carbons (Fsp3) is 0.423. The maximum absolute atomic E-state index is 5.24. The normalized spacial score (nSPS) is 15.3. The zero-order chi connectivity index (χ0) is 21.3. The number of likely N-dealkylation sites (tertiary alicyclic amines) is 1. The van der Waals surface area contributed by atoms with E-state index in [9.17, 15) is 0 Å². The summed E-state index contributed by atoms with van der Waals surface area (Å²) in [5.74, 6) is 1.78. The molecule has 5 heteroatoms. The number of piperidine rings is 1. The maximum Gasteiger partial charge on any atom is 0.118 e. The third-order valence-electron chi connectivity index (χ3n) is 6.30. The van der Waals surface area contributed by atoms with Crippen molar-refractivity contribution in [1.29, 1.82) is 0 Å². The summed E-state index contributed by atoms with van der Waals surface area (Å²) in [4.78, 5) is 2.62. The van der Waals surface area contributed by atoms with Crippen LogP contribution in [0.3, 0.4) is 0 Å². The van der Waals surface area contributed by atoms with Gasteiger partial charge in [0.15, 0.2) is 0 Å². The second kappa shape index (κ2) is 11.1. The zero-order valence-corrected chi connectivity index (χ0v) is 18.5. The Morgan fingerprint density at radius 1 is 1.00 bits per heavy atom. The van der Waals surface area contributed by atoms with Crippen molar-refractivity contribution in [3.8, 4) is 11.4 Å². The highest BCUT2D eigenvalue weighted by Crippen LogP contribution is 2.20. The van der Waals surface area contributed by atoms with E-state index >= 15 is 0 Å². The Labute approximate surface area is 186 Å². The summed E-state index contributed by atoms with van der Waals surface area (Å²) < 4.78 is 7.18. The summed E-state index contributed by atoms with van der Waals surface area (Å²) in [7, 11) is 1.72. The smallest absolute Gasteiger partial charge is 0.118 e. The number of benzene rings is 2. The Hall–Kier alpha value is -2.63. The average molecular weight is 419 g/mol. The monoisotopic (exact) mass is 418 g/mol. The van der Waals surface area contributed by atoms with Gasteiger partial charge in [-0.3, -0.25) is 0 Å². The third kappa shape index (κ3) is 6.42. The number of nitrogens with one attached hydrogen (secondary N) is 1. The Kier molecular flexibility index (Phi) is 7.75. The second-order valence-electron chi connectivity index (χ2n) is 8.48. The van der Waals surface area contributed by atoms with Gasteiger partial charge in [0.2, 0.25) is 0 Å². The van der Waals surface area contributed by atoms with Gasteiger partial charge < -0.3 is 15.0 Å². The molecular weight excluding hydrogens is 384 g/mol. The van der Waals surface area contributed by atoms with Crippen molar-refractivity contribution in [2.75, 3.05) is 33.3 Å². The van der Waals surface area contributed by atoms with Crippen molar-refractivity contribution in [1.82, 2.24) is 20.0 Å². The van der Waals surface area contributed by atoms with Gasteiger partial charge in [-0.05, 0) is 81.1 Å². The number of methoxy groups -OCH3 is 1. The SMILES string of the molecule is COc1ccc(CCN2CCC(CCNCc3cnn(-c4ccccc4)c3)CC2)cc1. The van der Waals surface area contributed by atoms with E-state index in [2.05, 4.69) is 57.9 Å². The number of nitrogens with zero attached hydrogens (tertiary/aromatic N) is 3. The first-order valence-corrected chi connectivity index (χ1v) is 11.4. The molecule has 0 bridgehead atoms. The summed E-state index contributed by atoms with van der Waals surface area (Å²) in [6.45, 7) is 5.57. The Morgan fingerprint density at radius 3 is 2.52 bits per heavy atom. The van der Waals surface area contributed by atoms with E-state index in [-0.39, 0.29) is 0 Å². The van der Waals surface area contributed by atoms with Gasteiger partial charge in [0.05, 0.1) is 19.0 Å². The van der Waals surface area contributed by atoms with E-state index in [1.54, 1.807) is 7.11 Å². The van der Waals surface area contributed by atoms with Gasteiger partial charge in [-0.1, -0.05) is 30.3 Å². The molecule has 1 N–H and O–H groups in total. The molecule has 4 rings (SSSR count). The maximum atomic E-state index is 5.24. The Balaban J connectivity index is 1.10. The summed E-state index contributed by atoms with van der Waals surface area (Å²) in [5, 5.41) is 8.08. The molecule has 1 aromatic heterocycles. The summed E-state index contributed by atoms with van der Waals surface area (Å²) in [6.07, 6.45) is 9.09. The van der Waals surface area contributed by atoms with Crippen molar-refractivity contribution in [3.63, 3.8) is 0 Å². The lowest BCUT2D eigenvalue weighted by molar-refractivity contribution is 0.180. The van der Waals surface area contributed by atoms with Crippen LogP contribution in [0.1, 0.15) is 30.4 Å². The fourth-order valence-corrected chi connectivity index (χ4v) is 4.29. The minimum absolute atomic E-state index is 0.844. The van der Waals surface area contributed by atoms with E-state index in [1.165, 1.54) is 43.5 Å². The molecule has 1 saturated heterocycles. The quantitative estimate of drug-likeness (QED) is 0.498. The van der Waals surface area contributed by atoms with Crippen LogP contribution in [0.5, 0.6) is 5.75 Å². The highest BCUT2D eigenvalue weighted by molar-refractivity contribution is 5.31. The molecule has 0 spiro atoms. The van der Waals surface area contributed by atoms with E-state index < -0.39 is 0 Å². The third-order valence-corrected chi connectivity index (χ3v) is 6.30. The van der Waals surface area contributed by atoms with Crippen LogP contribution in [0, 0.1) is 5.92 Å². The Bertz CT molecular complexity index is 899. The zero-order valence-electron chi connectivity index (χ0n) is 18.5. The van der Waals surface area contributed by atoms with Crippen LogP contribution in [0.25, 0.3) is 5.69 Å². The number of hydrogen-bond acceptors (Lipinski definition) is 4. The van der Waals surface area contributed by atoms with Crippen LogP contribution in [0.15, 0.2) is 67.0 Å². The molecule has 0 radical (unpaired) electrons. The highest BCUT2D eigenvalue weighted by atomic mass is 16.5. The van der Waals surface area contributed by atoms with Crippen LogP contribution in [-0.2, 0) is 13.0 Å². The van der Waals surface area contributed by atoms with Crippen LogP contribution in [-0.4, -0.2) is 48.0 Å². The number of ether oxygens (including phenoxy) is 1. The van der Waals surface area contributed by atoms with Crippen LogP contribution in [0.2, 0.25) is 0 Å². The first-order chi connectivity index (χ1) is 15.3. The van der Waals surface area contributed by atoms with E-state index in [4.69, 9.17) is 4.74 Å². The molecule has 31 heavy (non-hydrogen) atoms. The molecule has 0 unspecified atom stereocenters. The number of para-hydroxylation sites is 1. The van der Waals surface area contributed by atoms with Crippen molar-refractivity contribution in [2.45, 2.75) is 32.2 Å². The van der Waals surface area contributed by atoms with Gasteiger partial charge in [-0.25, -0.2) is 4.68 Å². The molecule has 0 aliphatic carbocycles. The summed E-state index contributed by atoms with van der Waals surface area (Å²) in [5.41, 5.74) is 3.73. The topological polar surface area (TPSA) is 42.3 Å². The molecule has 0 saturated carbocycles. The molecule has 164 valence electrons. The molecule has 1 aliphatic rings. The number of rotatable bonds is 10. The van der Waals surface area contributed by atoms with Crippen LogP contribution < -0.4 is 10.1 Å². The van der Waals surface area contributed by atoms with Gasteiger partial charge in [-0.2, -0.15) is 5.10 Å². The lowest BCUT2D eigenvalue weighted by atomic mass is 9.93. The van der Waals surface area contributed by atoms with Gasteiger partial charge in [0.1, 0.15) is 5.75 Å². The molecule has 0 atom stereocenters. The van der Waals surface area contributed by atoms with Gasteiger partial charge in [0, 0.05) is 24.8 Å². The average Bonchev–Trinajstić information content (AvgIpc) is 3.31. The van der Waals surface area contributed by atoms with Crippen LogP contribution >= 0.6 is 0 Å². The largest absolute Gasteiger partial charge is 0.497 e. The minimum atomic E-state index is 0.844. The van der Waals surface area contributed by atoms with Gasteiger partial charge in [0.25, 0.3) is 0 Å². The second-order valence-corrected chi connectivity index (χ2v) is 8.48. The predicted molar refractivity (Wildman–Crippen MR) is 126 cm³/mol. The Morgan fingerprint density at radius 2 is 1.77 bits per heavy atom. The number of aromatic nitrogens is 2. The molecule has 2 heterocycles. The first kappa shape index (κ1) is 21.6. The van der Waals surface area contributed by atoms with E-state index in [1.807, 2.05) is 29.1 Å². The minimum Gasteiger partial charge on any atom is -0.497 e. The molecule has 2 aromatic carbocycles. The molecule has 3 aromatic rings. The molecule has 5 nitrogen and oxygen atoms in total. The van der Waals surface area contributed by atoms with Crippen molar-refractivity contribution in [2.24, 2.45) is 5.92 Å². The molecule has 1 aliphatic heterocycles. The van der Waals surface area contributed by atoms with Crippen molar-refractivity contribution in [3.05, 3.63) is 78.1 Å². The molecular formula is C26H34N4O. The fourth-order valence-electron chi connectivity index (χ4n) is 4.29. The van der Waals surface area contributed by atoms with E-state index in [0.717, 1.165) is 43.4 Å². The number of hydrogen-bond donors (Lipinski definition) is 1. The lowest BCUT2D eigenvalue weighted by Crippen LogP contribution is -2.35. The highest BCUT2D eigenvalue weighted by Gasteiger charge is 2.18. The van der Waals surface area contributed by atoms with Crippen LogP contribution in [0.4, 0.5) is 0 Å². The first-order valence-electron chi connectivity index (χ1n) is 11.4. The van der Waals surface area contributed by atoms with Gasteiger partial charge >= 0.3 is 0 Å². The predicted octanol–water partition coefficient (Wildman–Crippen LogP) is 4.32.